The maximum Gasteiger partial charge on any atom is 0.255 e. The van der Waals surface area contributed by atoms with Crippen molar-refractivity contribution in [3.8, 4) is 0 Å². The summed E-state index contributed by atoms with van der Waals surface area (Å²) in [5, 5.41) is 16.1. The zero-order chi connectivity index (χ0) is 29.3. The average molecular weight is 573 g/mol. The van der Waals surface area contributed by atoms with Crippen molar-refractivity contribution in [1.29, 1.82) is 0 Å². The van der Waals surface area contributed by atoms with E-state index in [2.05, 4.69) is 10.7 Å². The number of amides is 2. The lowest BCUT2D eigenvalue weighted by atomic mass is 9.99. The predicted octanol–water partition coefficient (Wildman–Crippen LogP) is 2.96. The summed E-state index contributed by atoms with van der Waals surface area (Å²) in [6.07, 6.45) is 0.613. The summed E-state index contributed by atoms with van der Waals surface area (Å²) in [6.45, 7) is 8.31. The van der Waals surface area contributed by atoms with Crippen molar-refractivity contribution in [2.75, 3.05) is 19.6 Å². The maximum absolute atomic E-state index is 13.6. The lowest BCUT2D eigenvalue weighted by molar-refractivity contribution is -0.149. The van der Waals surface area contributed by atoms with E-state index in [1.165, 1.54) is 21.4 Å². The minimum absolute atomic E-state index is 0.00918. The van der Waals surface area contributed by atoms with E-state index in [-0.39, 0.29) is 54.5 Å². The molecule has 0 saturated carbocycles. The molecule has 2 amide bonds. The molecule has 1 aliphatic rings. The molecular formula is C30H44N4O5S. The van der Waals surface area contributed by atoms with Crippen LogP contribution < -0.4 is 10.7 Å². The number of rotatable bonds is 13. The zero-order valence-corrected chi connectivity index (χ0v) is 24.8. The minimum atomic E-state index is -3.93. The number of nitrogens with zero attached hydrogens (tertiary/aromatic N) is 2. The summed E-state index contributed by atoms with van der Waals surface area (Å²) in [5.74, 6) is -0.662. The smallest absolute Gasteiger partial charge is 0.255 e. The number of aliphatic hydroxyl groups excluding tert-OH is 1. The maximum atomic E-state index is 13.6. The van der Waals surface area contributed by atoms with Gasteiger partial charge in [-0.1, -0.05) is 76.2 Å². The lowest BCUT2D eigenvalue weighted by Gasteiger charge is -2.38. The van der Waals surface area contributed by atoms with E-state index in [9.17, 15) is 23.1 Å². The van der Waals surface area contributed by atoms with Crippen molar-refractivity contribution in [2.45, 2.75) is 76.5 Å². The molecule has 0 spiro atoms. The van der Waals surface area contributed by atoms with Gasteiger partial charge in [-0.2, -0.15) is 4.31 Å². The van der Waals surface area contributed by atoms with Crippen LogP contribution in [-0.2, 0) is 26.0 Å². The molecule has 40 heavy (non-hydrogen) atoms. The highest BCUT2D eigenvalue weighted by Gasteiger charge is 2.37. The number of aliphatic hydroxyl groups is 1. The fraction of sp³-hybridized carbons (Fsp3) is 0.533. The van der Waals surface area contributed by atoms with Crippen molar-refractivity contribution in [3.05, 3.63) is 66.2 Å². The van der Waals surface area contributed by atoms with E-state index in [0.717, 1.165) is 18.5 Å². The van der Waals surface area contributed by atoms with Gasteiger partial charge in [-0.05, 0) is 55.3 Å². The van der Waals surface area contributed by atoms with Crippen molar-refractivity contribution >= 4 is 21.8 Å². The van der Waals surface area contributed by atoms with Crippen molar-refractivity contribution in [1.82, 2.24) is 20.1 Å². The first-order valence-electron chi connectivity index (χ1n) is 14.1. The van der Waals surface area contributed by atoms with Crippen LogP contribution in [0.25, 0.3) is 0 Å². The van der Waals surface area contributed by atoms with Crippen LogP contribution >= 0.6 is 0 Å². The summed E-state index contributed by atoms with van der Waals surface area (Å²) in [4.78, 5) is 26.9. The van der Waals surface area contributed by atoms with Gasteiger partial charge >= 0.3 is 0 Å². The topological polar surface area (TPSA) is 119 Å². The van der Waals surface area contributed by atoms with Crippen LogP contribution in [0, 0.1) is 11.8 Å². The Morgan fingerprint density at radius 3 is 2.15 bits per heavy atom. The fourth-order valence-corrected chi connectivity index (χ4v) is 6.53. The second-order valence-electron chi connectivity index (χ2n) is 11.3. The largest absolute Gasteiger partial charge is 0.390 e. The number of carbonyl (C=O) groups excluding carboxylic acids is 2. The molecule has 220 valence electrons. The van der Waals surface area contributed by atoms with Gasteiger partial charge in [0.05, 0.1) is 23.1 Å². The summed E-state index contributed by atoms with van der Waals surface area (Å²) in [6, 6.07) is 16.2. The number of hydrogen-bond acceptors (Lipinski definition) is 6. The zero-order valence-electron chi connectivity index (χ0n) is 24.0. The number of nitrogens with one attached hydrogen (secondary N) is 2. The van der Waals surface area contributed by atoms with Crippen molar-refractivity contribution in [3.63, 3.8) is 0 Å². The standard InChI is InChI=1S/C30H44N4O5S/c1-22(2)18-29(36)34(32-30(37)26-16-11-17-31-26)27(19-24-12-7-5-8-13-24)28(35)21-33(20-23(3)4)40(38,39)25-14-9-6-10-15-25/h5-10,12-15,22-23,26-28,31,35H,11,16-21H2,1-4H3,(H,32,37)/t26?,27?,28-/m1/s1. The van der Waals surface area contributed by atoms with Gasteiger partial charge < -0.3 is 10.4 Å². The molecule has 2 aromatic carbocycles. The van der Waals surface area contributed by atoms with Crippen LogP contribution in [0.1, 0.15) is 52.5 Å². The highest BCUT2D eigenvalue weighted by molar-refractivity contribution is 7.89. The van der Waals surface area contributed by atoms with Gasteiger partial charge in [0.2, 0.25) is 15.9 Å². The van der Waals surface area contributed by atoms with Gasteiger partial charge in [-0.3, -0.25) is 15.0 Å². The Kier molecular flexibility index (Phi) is 11.7. The molecule has 2 unspecified atom stereocenters. The second-order valence-corrected chi connectivity index (χ2v) is 13.3. The molecule has 1 fully saturated rings. The predicted molar refractivity (Wildman–Crippen MR) is 155 cm³/mol. The van der Waals surface area contributed by atoms with E-state index in [1.807, 2.05) is 58.0 Å². The van der Waals surface area contributed by atoms with Crippen LogP contribution in [0.2, 0.25) is 0 Å². The monoisotopic (exact) mass is 572 g/mol. The van der Waals surface area contributed by atoms with E-state index >= 15 is 0 Å². The number of carbonyl (C=O) groups is 2. The van der Waals surface area contributed by atoms with Gasteiger partial charge in [0.1, 0.15) is 0 Å². The Balaban J connectivity index is 1.98. The Morgan fingerprint density at radius 2 is 1.60 bits per heavy atom. The molecule has 2 aromatic rings. The first-order valence-corrected chi connectivity index (χ1v) is 15.6. The van der Waals surface area contributed by atoms with Crippen molar-refractivity contribution < 1.29 is 23.1 Å². The summed E-state index contributed by atoms with van der Waals surface area (Å²) >= 11 is 0. The Hall–Kier alpha value is -2.79. The Morgan fingerprint density at radius 1 is 0.975 bits per heavy atom. The second kappa shape index (κ2) is 14.7. The molecular weight excluding hydrogens is 528 g/mol. The molecule has 0 radical (unpaired) electrons. The molecule has 3 N–H and O–H groups in total. The summed E-state index contributed by atoms with van der Waals surface area (Å²) in [7, 11) is -3.93. The molecule has 3 atom stereocenters. The minimum Gasteiger partial charge on any atom is -0.390 e. The highest BCUT2D eigenvalue weighted by atomic mass is 32.2. The number of hydrazine groups is 1. The van der Waals surface area contributed by atoms with E-state index in [1.54, 1.807) is 18.2 Å². The molecule has 0 bridgehead atoms. The molecule has 10 heteroatoms. The number of sulfonamides is 1. The van der Waals surface area contributed by atoms with Crippen LogP contribution in [0.3, 0.4) is 0 Å². The first kappa shape index (κ1) is 31.7. The van der Waals surface area contributed by atoms with Crippen molar-refractivity contribution in [2.24, 2.45) is 11.8 Å². The number of benzene rings is 2. The van der Waals surface area contributed by atoms with Crippen LogP contribution in [0.4, 0.5) is 0 Å². The summed E-state index contributed by atoms with van der Waals surface area (Å²) < 4.78 is 28.6. The van der Waals surface area contributed by atoms with Gasteiger partial charge in [-0.15, -0.1) is 0 Å². The van der Waals surface area contributed by atoms with Gasteiger partial charge in [0.25, 0.3) is 5.91 Å². The quantitative estimate of drug-likeness (QED) is 0.318. The van der Waals surface area contributed by atoms with Gasteiger partial charge in [0.15, 0.2) is 0 Å². The van der Waals surface area contributed by atoms with Gasteiger partial charge in [-0.25, -0.2) is 13.4 Å². The third-order valence-corrected chi connectivity index (χ3v) is 8.71. The first-order chi connectivity index (χ1) is 19.0. The van der Waals surface area contributed by atoms with Crippen LogP contribution in [0.5, 0.6) is 0 Å². The van der Waals surface area contributed by atoms with E-state index in [0.29, 0.717) is 6.42 Å². The third kappa shape index (κ3) is 8.86. The SMILES string of the molecule is CC(C)CC(=O)N(NC(=O)C1CCCN1)C(Cc1ccccc1)[C@H](O)CN(CC(C)C)S(=O)(=O)c1ccccc1. The summed E-state index contributed by atoms with van der Waals surface area (Å²) in [5.41, 5.74) is 3.65. The number of hydrogen-bond donors (Lipinski definition) is 3. The molecule has 0 aliphatic carbocycles. The van der Waals surface area contributed by atoms with Crippen LogP contribution in [0.15, 0.2) is 65.6 Å². The van der Waals surface area contributed by atoms with Crippen LogP contribution in [-0.4, -0.2) is 72.5 Å². The molecule has 3 rings (SSSR count). The Bertz CT molecular complexity index is 1190. The molecule has 1 aliphatic heterocycles. The highest BCUT2D eigenvalue weighted by Crippen LogP contribution is 2.21. The van der Waals surface area contributed by atoms with E-state index in [4.69, 9.17) is 0 Å². The molecule has 9 nitrogen and oxygen atoms in total. The van der Waals surface area contributed by atoms with E-state index < -0.39 is 28.2 Å². The molecule has 0 aromatic heterocycles. The molecule has 1 saturated heterocycles. The lowest BCUT2D eigenvalue weighted by Crippen LogP contribution is -2.61. The van der Waals surface area contributed by atoms with Gasteiger partial charge in [0, 0.05) is 19.5 Å². The third-order valence-electron chi connectivity index (χ3n) is 6.86. The average Bonchev–Trinajstić information content (AvgIpc) is 3.46. The normalized spacial score (nSPS) is 17.2. The molecule has 1 heterocycles. The Labute approximate surface area is 239 Å². The fourth-order valence-electron chi connectivity index (χ4n) is 4.89.